The number of carbonyl (C=O) groups excluding carboxylic acids is 1. The van der Waals surface area contributed by atoms with Crippen LogP contribution in [0.4, 0.5) is 20.2 Å². The number of pyridine rings is 1. The van der Waals surface area contributed by atoms with Crippen LogP contribution in [0.5, 0.6) is 0 Å². The number of nitrogens with zero attached hydrogens (tertiary/aromatic N) is 3. The van der Waals surface area contributed by atoms with Crippen LogP contribution in [0.15, 0.2) is 35.2 Å². The summed E-state index contributed by atoms with van der Waals surface area (Å²) in [4.78, 5) is 22.0. The smallest absolute Gasteiger partial charge is 0.295 e. The summed E-state index contributed by atoms with van der Waals surface area (Å²) in [5.74, 6) is -0.252. The fourth-order valence-corrected chi connectivity index (χ4v) is 5.08. The van der Waals surface area contributed by atoms with Gasteiger partial charge >= 0.3 is 0 Å². The van der Waals surface area contributed by atoms with Crippen LogP contribution in [-0.4, -0.2) is 37.4 Å². The molecule has 0 spiro atoms. The molecule has 0 radical (unpaired) electrons. The summed E-state index contributed by atoms with van der Waals surface area (Å²) in [5, 5.41) is 3.23. The summed E-state index contributed by atoms with van der Waals surface area (Å²) in [6.07, 6.45) is 2.36. The minimum absolute atomic E-state index is 0.0559. The van der Waals surface area contributed by atoms with E-state index in [1.54, 1.807) is 36.6 Å². The number of benzene rings is 1. The van der Waals surface area contributed by atoms with Crippen molar-refractivity contribution < 1.29 is 22.5 Å². The highest BCUT2D eigenvalue weighted by atomic mass is 32.2. The van der Waals surface area contributed by atoms with Gasteiger partial charge in [-0.05, 0) is 50.3 Å². The van der Waals surface area contributed by atoms with Crippen molar-refractivity contribution in [2.45, 2.75) is 56.1 Å². The van der Waals surface area contributed by atoms with E-state index >= 15 is 0 Å². The van der Waals surface area contributed by atoms with Crippen LogP contribution in [0, 0.1) is 5.92 Å². The Bertz CT molecular complexity index is 1250. The number of anilines is 2. The Morgan fingerprint density at radius 1 is 1.21 bits per heavy atom. The van der Waals surface area contributed by atoms with Crippen LogP contribution in [0.3, 0.4) is 0 Å². The Morgan fingerprint density at radius 3 is 2.68 bits per heavy atom. The zero-order valence-corrected chi connectivity index (χ0v) is 19.6. The second-order valence-corrected chi connectivity index (χ2v) is 10.1. The number of para-hydroxylation sites is 1. The molecule has 1 saturated heterocycles. The molecule has 1 N–H and O–H groups in total. The van der Waals surface area contributed by atoms with Gasteiger partial charge in [-0.3, -0.25) is 13.6 Å². The maximum absolute atomic E-state index is 14.1. The van der Waals surface area contributed by atoms with Gasteiger partial charge in [0.05, 0.1) is 32.8 Å². The molecule has 10 heteroatoms. The first-order valence-corrected chi connectivity index (χ1v) is 13.0. The number of imidazole rings is 1. The first kappa shape index (κ1) is 23.0. The van der Waals surface area contributed by atoms with E-state index in [0.717, 1.165) is 25.7 Å². The van der Waals surface area contributed by atoms with E-state index in [0.29, 0.717) is 35.0 Å². The Morgan fingerprint density at radius 2 is 2.00 bits per heavy atom. The summed E-state index contributed by atoms with van der Waals surface area (Å²) in [6, 6.07) is 8.79. The Labute approximate surface area is 198 Å². The molecule has 1 saturated carbocycles. The van der Waals surface area contributed by atoms with E-state index in [1.165, 1.54) is 4.57 Å². The second kappa shape index (κ2) is 9.50. The number of carbonyl (C=O) groups is 1. The van der Waals surface area contributed by atoms with Gasteiger partial charge in [0, 0.05) is 25.2 Å². The zero-order chi connectivity index (χ0) is 23.8. The van der Waals surface area contributed by atoms with Crippen molar-refractivity contribution >= 4 is 39.1 Å². The molecule has 7 nitrogen and oxygen atoms in total. The third-order valence-corrected chi connectivity index (χ3v) is 7.20. The molecule has 3 heterocycles. The molecule has 1 aliphatic carbocycles. The standard InChI is InChI=1S/C24H26F2N4O3S/c1-34(32)19-7-3-2-6-16(19)28-17-12-15(13-18(31)14-9-10-14)27-23-21(17)29-24(22(25)26)30(23)20-8-4-5-11-33-20/h2-3,6-7,12,14,20,22H,4-5,8-11,13H2,1H3,(H,27,28). The first-order chi connectivity index (χ1) is 16.4. The number of ether oxygens (including phenoxy) is 1. The summed E-state index contributed by atoms with van der Waals surface area (Å²) >= 11 is 0. The van der Waals surface area contributed by atoms with E-state index in [4.69, 9.17) is 4.74 Å². The van der Waals surface area contributed by atoms with Gasteiger partial charge in [-0.15, -0.1) is 0 Å². The number of ketones is 1. The SMILES string of the molecule is CS(=O)c1ccccc1Nc1cc(CC(=O)C2CC2)nc2c1nc(C(F)F)n2C1CCCCO1. The van der Waals surface area contributed by atoms with E-state index < -0.39 is 29.3 Å². The number of halogens is 2. The molecule has 0 bridgehead atoms. The predicted molar refractivity (Wildman–Crippen MR) is 125 cm³/mol. The number of hydrogen-bond acceptors (Lipinski definition) is 6. The molecule has 2 aliphatic rings. The third-order valence-electron chi connectivity index (χ3n) is 6.22. The maximum Gasteiger partial charge on any atom is 0.295 e. The van der Waals surface area contributed by atoms with Gasteiger partial charge in [0.25, 0.3) is 6.43 Å². The van der Waals surface area contributed by atoms with Crippen molar-refractivity contribution in [2.24, 2.45) is 5.92 Å². The third kappa shape index (κ3) is 4.61. The summed E-state index contributed by atoms with van der Waals surface area (Å²) in [6.45, 7) is 0.480. The van der Waals surface area contributed by atoms with E-state index in [-0.39, 0.29) is 29.3 Å². The van der Waals surface area contributed by atoms with Crippen molar-refractivity contribution in [1.29, 1.82) is 0 Å². The molecule has 1 aromatic carbocycles. The Kier molecular flexibility index (Phi) is 6.44. The number of fused-ring (bicyclic) bond motifs is 1. The van der Waals surface area contributed by atoms with E-state index in [2.05, 4.69) is 15.3 Å². The van der Waals surface area contributed by atoms with Gasteiger partial charge in [0.1, 0.15) is 17.5 Å². The molecular weight excluding hydrogens is 462 g/mol. The highest BCUT2D eigenvalue weighted by Gasteiger charge is 2.32. The normalized spacial score (nSPS) is 19.5. The van der Waals surface area contributed by atoms with Crippen LogP contribution < -0.4 is 5.32 Å². The summed E-state index contributed by atoms with van der Waals surface area (Å²) < 4.78 is 47.6. The number of hydrogen-bond donors (Lipinski definition) is 1. The monoisotopic (exact) mass is 488 g/mol. The number of alkyl halides is 2. The fraction of sp³-hybridized carbons (Fsp3) is 0.458. The van der Waals surface area contributed by atoms with Gasteiger partial charge in [-0.25, -0.2) is 18.7 Å². The van der Waals surface area contributed by atoms with Crippen LogP contribution in [0.25, 0.3) is 11.2 Å². The highest BCUT2D eigenvalue weighted by molar-refractivity contribution is 7.84. The lowest BCUT2D eigenvalue weighted by Crippen LogP contribution is -2.21. The molecule has 2 atom stereocenters. The average Bonchev–Trinajstić information content (AvgIpc) is 3.60. The van der Waals surface area contributed by atoms with Gasteiger partial charge in [-0.1, -0.05) is 12.1 Å². The fourth-order valence-electron chi connectivity index (χ4n) is 4.38. The molecule has 34 heavy (non-hydrogen) atoms. The molecular formula is C24H26F2N4O3S. The van der Waals surface area contributed by atoms with Gasteiger partial charge < -0.3 is 10.1 Å². The molecule has 180 valence electrons. The van der Waals surface area contributed by atoms with Crippen LogP contribution in [0.2, 0.25) is 0 Å². The zero-order valence-electron chi connectivity index (χ0n) is 18.8. The largest absolute Gasteiger partial charge is 0.358 e. The lowest BCUT2D eigenvalue weighted by molar-refractivity contribution is -0.119. The van der Waals surface area contributed by atoms with Crippen molar-refractivity contribution in [3.63, 3.8) is 0 Å². The van der Waals surface area contributed by atoms with Crippen molar-refractivity contribution in [3.8, 4) is 0 Å². The molecule has 3 aromatic rings. The van der Waals surface area contributed by atoms with Crippen molar-refractivity contribution in [2.75, 3.05) is 18.2 Å². The second-order valence-electron chi connectivity index (χ2n) is 8.79. The average molecular weight is 489 g/mol. The number of aromatic nitrogens is 3. The van der Waals surface area contributed by atoms with Crippen LogP contribution in [-0.2, 0) is 26.8 Å². The lowest BCUT2D eigenvalue weighted by atomic mass is 10.1. The number of nitrogens with one attached hydrogen (secondary N) is 1. The number of rotatable bonds is 8. The van der Waals surface area contributed by atoms with Gasteiger partial charge in [0.2, 0.25) is 0 Å². The quantitative estimate of drug-likeness (QED) is 0.476. The van der Waals surface area contributed by atoms with E-state index in [9.17, 15) is 17.8 Å². The van der Waals surface area contributed by atoms with Crippen molar-refractivity contribution in [1.82, 2.24) is 14.5 Å². The minimum atomic E-state index is -2.82. The molecule has 0 amide bonds. The van der Waals surface area contributed by atoms with Gasteiger partial charge in [-0.2, -0.15) is 0 Å². The summed E-state index contributed by atoms with van der Waals surface area (Å²) in [7, 11) is -1.27. The summed E-state index contributed by atoms with van der Waals surface area (Å²) in [5.41, 5.74) is 2.04. The van der Waals surface area contributed by atoms with E-state index in [1.807, 2.05) is 0 Å². The lowest BCUT2D eigenvalue weighted by Gasteiger charge is -2.25. The maximum atomic E-state index is 14.1. The van der Waals surface area contributed by atoms with Crippen LogP contribution >= 0.6 is 0 Å². The molecule has 5 rings (SSSR count). The highest BCUT2D eigenvalue weighted by Crippen LogP contribution is 2.37. The Hall–Kier alpha value is -2.72. The topological polar surface area (TPSA) is 86.1 Å². The van der Waals surface area contributed by atoms with Crippen LogP contribution in [0.1, 0.15) is 56.3 Å². The Balaban J connectivity index is 1.66. The molecule has 2 aromatic heterocycles. The predicted octanol–water partition coefficient (Wildman–Crippen LogP) is 5.07. The first-order valence-electron chi connectivity index (χ1n) is 11.5. The number of Topliss-reactive ketones (excluding diaryl/α,β-unsaturated/α-hetero) is 1. The van der Waals surface area contributed by atoms with Crippen molar-refractivity contribution in [3.05, 3.63) is 41.9 Å². The minimum Gasteiger partial charge on any atom is -0.358 e. The molecule has 2 fully saturated rings. The van der Waals surface area contributed by atoms with Gasteiger partial charge in [0.15, 0.2) is 11.5 Å². The molecule has 2 unspecified atom stereocenters. The molecule has 1 aliphatic heterocycles.